The number of alkyl halides is 17. The average molecular weight is 581 g/mol. The summed E-state index contributed by atoms with van der Waals surface area (Å²) in [5, 5.41) is -7.78. The number of carbonyl (C=O) groups is 1. The van der Waals surface area contributed by atoms with E-state index in [1.807, 2.05) is 0 Å². The summed E-state index contributed by atoms with van der Waals surface area (Å²) in [7, 11) is -7.64. The average Bonchev–Trinajstić information content (AvgIpc) is 2.65. The van der Waals surface area contributed by atoms with Crippen LogP contribution < -0.4 is 0 Å². The molecule has 0 radical (unpaired) electrons. The maximum absolute atomic E-state index is 13.9. The molecular formula is C13H8F17NO3S. The summed E-state index contributed by atoms with van der Waals surface area (Å²) in [5.74, 6) is -54.5. The van der Waals surface area contributed by atoms with Crippen LogP contribution in [0, 0.1) is 0 Å². The fourth-order valence-electron chi connectivity index (χ4n) is 2.00. The van der Waals surface area contributed by atoms with Gasteiger partial charge in [-0.05, 0) is 13.0 Å². The van der Waals surface area contributed by atoms with Crippen LogP contribution in [0.5, 0.6) is 0 Å². The SMILES string of the molecule is C=CC(=O)N(CC)S(=O)(=O)C(F)(F)C(F)(F)C(F)(F)C(F)(F)C(F)(F)C(F)(F)C(F)(F)C(F)(F)F. The molecule has 1 amide bonds. The molecule has 35 heavy (non-hydrogen) atoms. The lowest BCUT2D eigenvalue weighted by atomic mass is 9.91. The Labute approximate surface area is 182 Å². The second-order valence-corrected chi connectivity index (χ2v) is 8.08. The van der Waals surface area contributed by atoms with Crippen LogP contribution in [0.3, 0.4) is 0 Å². The van der Waals surface area contributed by atoms with E-state index >= 15 is 0 Å². The van der Waals surface area contributed by atoms with Gasteiger partial charge < -0.3 is 0 Å². The largest absolute Gasteiger partial charge is 0.460 e. The van der Waals surface area contributed by atoms with Crippen LogP contribution in [0.1, 0.15) is 6.92 Å². The van der Waals surface area contributed by atoms with Gasteiger partial charge in [-0.1, -0.05) is 6.58 Å². The molecule has 0 N–H and O–H groups in total. The van der Waals surface area contributed by atoms with Crippen LogP contribution >= 0.6 is 0 Å². The van der Waals surface area contributed by atoms with Gasteiger partial charge in [0.05, 0.1) is 0 Å². The van der Waals surface area contributed by atoms with Crippen molar-refractivity contribution in [2.24, 2.45) is 0 Å². The summed E-state index contributed by atoms with van der Waals surface area (Å²) >= 11 is 0. The van der Waals surface area contributed by atoms with E-state index in [4.69, 9.17) is 0 Å². The first-order chi connectivity index (χ1) is 14.9. The highest BCUT2D eigenvalue weighted by atomic mass is 32.2. The van der Waals surface area contributed by atoms with Gasteiger partial charge in [0.2, 0.25) is 0 Å². The van der Waals surface area contributed by atoms with Gasteiger partial charge in [-0.25, -0.2) is 4.31 Å². The fourth-order valence-corrected chi connectivity index (χ4v) is 3.38. The molecule has 0 unspecified atom stereocenters. The van der Waals surface area contributed by atoms with Gasteiger partial charge in [-0.15, -0.1) is 0 Å². The van der Waals surface area contributed by atoms with Crippen molar-refractivity contribution in [3.8, 4) is 0 Å². The van der Waals surface area contributed by atoms with Crippen molar-refractivity contribution in [2.75, 3.05) is 6.54 Å². The molecule has 0 bridgehead atoms. The molecule has 0 saturated heterocycles. The number of carbonyl (C=O) groups excluding carboxylic acids is 1. The molecule has 0 aromatic rings. The monoisotopic (exact) mass is 581 g/mol. The Morgan fingerprint density at radius 2 is 0.943 bits per heavy atom. The highest BCUT2D eigenvalue weighted by molar-refractivity contribution is 7.90. The zero-order valence-corrected chi connectivity index (χ0v) is 16.8. The van der Waals surface area contributed by atoms with E-state index in [2.05, 4.69) is 6.58 Å². The molecule has 0 atom stereocenters. The third kappa shape index (κ3) is 4.07. The molecule has 0 fully saturated rings. The zero-order chi connectivity index (χ0) is 29.1. The van der Waals surface area contributed by atoms with Crippen molar-refractivity contribution < 1.29 is 87.8 Å². The van der Waals surface area contributed by atoms with E-state index in [-0.39, 0.29) is 6.08 Å². The van der Waals surface area contributed by atoms with Crippen molar-refractivity contribution in [2.45, 2.75) is 53.9 Å². The Morgan fingerprint density at radius 3 is 1.20 bits per heavy atom. The normalized spacial score (nSPS) is 15.7. The number of amides is 1. The Bertz CT molecular complexity index is 937. The highest BCUT2D eigenvalue weighted by Gasteiger charge is 2.96. The van der Waals surface area contributed by atoms with Crippen molar-refractivity contribution >= 4 is 15.9 Å². The maximum Gasteiger partial charge on any atom is 0.460 e. The van der Waals surface area contributed by atoms with Crippen molar-refractivity contribution in [1.82, 2.24) is 4.31 Å². The molecule has 0 spiro atoms. The molecule has 0 aliphatic rings. The van der Waals surface area contributed by atoms with E-state index in [1.165, 1.54) is 0 Å². The van der Waals surface area contributed by atoms with E-state index < -0.39 is 73.7 Å². The van der Waals surface area contributed by atoms with E-state index in [9.17, 15) is 87.8 Å². The van der Waals surface area contributed by atoms with Gasteiger partial charge in [-0.3, -0.25) is 4.79 Å². The number of nitrogens with zero attached hydrogens (tertiary/aromatic N) is 1. The fraction of sp³-hybridized carbons (Fsp3) is 0.769. The van der Waals surface area contributed by atoms with E-state index in [1.54, 1.807) is 0 Å². The second kappa shape index (κ2) is 8.53. The van der Waals surface area contributed by atoms with Gasteiger partial charge in [-0.2, -0.15) is 83.1 Å². The molecule has 0 rings (SSSR count). The Kier molecular flexibility index (Phi) is 8.03. The van der Waals surface area contributed by atoms with Gasteiger partial charge >= 0.3 is 57.0 Å². The molecule has 0 heterocycles. The first kappa shape index (κ1) is 33.0. The summed E-state index contributed by atoms with van der Waals surface area (Å²) in [6.45, 7) is 1.18. The van der Waals surface area contributed by atoms with E-state index in [0.29, 0.717) is 6.92 Å². The Balaban J connectivity index is 7.14. The minimum Gasteiger partial charge on any atom is -0.269 e. The topological polar surface area (TPSA) is 54.5 Å². The first-order valence-corrected chi connectivity index (χ1v) is 9.27. The number of hydrogen-bond acceptors (Lipinski definition) is 3. The molecule has 0 saturated carbocycles. The van der Waals surface area contributed by atoms with Crippen molar-refractivity contribution in [1.29, 1.82) is 0 Å². The quantitative estimate of drug-likeness (QED) is 0.260. The summed E-state index contributed by atoms with van der Waals surface area (Å²) in [6, 6.07) is 0. The van der Waals surface area contributed by atoms with Crippen LogP contribution in [-0.4, -0.2) is 72.1 Å². The summed E-state index contributed by atoms with van der Waals surface area (Å²) < 4.78 is 246. The smallest absolute Gasteiger partial charge is 0.269 e. The molecule has 0 aromatic carbocycles. The lowest BCUT2D eigenvalue weighted by Crippen LogP contribution is -2.75. The predicted octanol–water partition coefficient (Wildman–Crippen LogP) is 5.32. The number of hydrogen-bond donors (Lipinski definition) is 0. The highest BCUT2D eigenvalue weighted by Crippen LogP contribution is 2.64. The number of halogens is 17. The lowest BCUT2D eigenvalue weighted by molar-refractivity contribution is -0.458. The first-order valence-electron chi connectivity index (χ1n) is 7.83. The maximum atomic E-state index is 13.9. The van der Waals surface area contributed by atoms with Crippen LogP contribution in [0.2, 0.25) is 0 Å². The molecule has 0 aromatic heterocycles. The van der Waals surface area contributed by atoms with Gasteiger partial charge in [0.25, 0.3) is 5.91 Å². The molecule has 22 heteroatoms. The molecule has 4 nitrogen and oxygen atoms in total. The van der Waals surface area contributed by atoms with Crippen LogP contribution in [0.4, 0.5) is 74.6 Å². The van der Waals surface area contributed by atoms with Gasteiger partial charge in [0, 0.05) is 6.54 Å². The minimum atomic E-state index is -8.93. The summed E-state index contributed by atoms with van der Waals surface area (Å²) in [6.07, 6.45) is -8.15. The van der Waals surface area contributed by atoms with Crippen LogP contribution in [0.15, 0.2) is 12.7 Å². The van der Waals surface area contributed by atoms with Crippen molar-refractivity contribution in [3.05, 3.63) is 12.7 Å². The van der Waals surface area contributed by atoms with E-state index in [0.717, 1.165) is 0 Å². The van der Waals surface area contributed by atoms with Gasteiger partial charge in [0.1, 0.15) is 0 Å². The number of sulfonamides is 1. The van der Waals surface area contributed by atoms with Crippen LogP contribution in [-0.2, 0) is 14.8 Å². The summed E-state index contributed by atoms with van der Waals surface area (Å²) in [5.41, 5.74) is 0. The number of likely N-dealkylation sites (N-methyl/N-ethyl adjacent to an activating group) is 1. The Hall–Kier alpha value is -2.03. The van der Waals surface area contributed by atoms with Crippen LogP contribution in [0.25, 0.3) is 0 Å². The molecule has 0 aliphatic heterocycles. The van der Waals surface area contributed by atoms with Crippen molar-refractivity contribution in [3.63, 3.8) is 0 Å². The third-order valence-corrected chi connectivity index (χ3v) is 5.94. The lowest BCUT2D eigenvalue weighted by Gasteiger charge is -2.42. The predicted molar refractivity (Wildman–Crippen MR) is 77.2 cm³/mol. The third-order valence-electron chi connectivity index (χ3n) is 4.02. The summed E-state index contributed by atoms with van der Waals surface area (Å²) in [4.78, 5) is 11.2. The minimum absolute atomic E-state index is 0.240. The molecule has 0 aliphatic carbocycles. The zero-order valence-electron chi connectivity index (χ0n) is 16.0. The molecular weight excluding hydrogens is 573 g/mol. The van der Waals surface area contributed by atoms with Gasteiger partial charge in [0.15, 0.2) is 0 Å². The second-order valence-electron chi connectivity index (χ2n) is 6.17. The number of rotatable bonds is 10. The Morgan fingerprint density at radius 1 is 0.657 bits per heavy atom. The molecule has 208 valence electrons. The standard InChI is InChI=1S/C13H8F17NO3S/c1-3-5(32)31(4-2)35(33,34)13(29,30)11(24,25)9(20,21)7(16,17)6(14,15)8(18,19)10(22,23)12(26,27)28/h3H,1,4H2,2H3.